The van der Waals surface area contributed by atoms with Gasteiger partial charge in [-0.2, -0.15) is 0 Å². The number of carbonyl (C=O) groups is 4. The SMILES string of the molecule is O=C(O)CNC(=O)CNC(=O)COc1ccc([C@@H]2[C@@H](SC[C@H](O)c3ccc(F)cc3)C(=O)N2c2ccccc2)c(O)c1. The standard InChI is InChI=1S/C29H28FN3O8S/c30-18-8-6-17(7-9-18)23(35)16-42-28-27(33(29(28)40)19-4-2-1-3-5-19)21-11-10-20(12-22(21)34)41-15-25(37)31-13-24(36)32-14-26(38)39/h1-12,23,27-28,34-35H,13-16H2,(H,31,37)(H,32,36)(H,38,39)/t23-,27+,28+/m0/s1. The van der Waals surface area contributed by atoms with Crippen molar-refractivity contribution in [3.05, 3.63) is 89.7 Å². The number of phenolic OH excluding ortho intramolecular Hbond substituents is 1. The molecule has 3 aromatic rings. The number of carboxylic acids is 1. The van der Waals surface area contributed by atoms with Gasteiger partial charge < -0.3 is 35.6 Å². The molecule has 1 aliphatic rings. The number of aromatic hydroxyl groups is 1. The Bertz CT molecular complexity index is 1440. The molecular formula is C29H28FN3O8S. The van der Waals surface area contributed by atoms with E-state index in [0.717, 1.165) is 0 Å². The highest BCUT2D eigenvalue weighted by Crippen LogP contribution is 2.48. The van der Waals surface area contributed by atoms with Crippen LogP contribution in [-0.4, -0.2) is 69.7 Å². The molecule has 1 saturated heterocycles. The summed E-state index contributed by atoms with van der Waals surface area (Å²) in [4.78, 5) is 48.8. The third-order valence-electron chi connectivity index (χ3n) is 6.34. The maximum Gasteiger partial charge on any atom is 0.322 e. The quantitative estimate of drug-likeness (QED) is 0.186. The zero-order valence-corrected chi connectivity index (χ0v) is 22.9. The largest absolute Gasteiger partial charge is 0.507 e. The number of benzene rings is 3. The molecule has 5 N–H and O–H groups in total. The van der Waals surface area contributed by atoms with Crippen molar-refractivity contribution in [2.75, 3.05) is 30.3 Å². The van der Waals surface area contributed by atoms with E-state index < -0.39 is 60.7 Å². The van der Waals surface area contributed by atoms with E-state index in [9.17, 15) is 33.8 Å². The monoisotopic (exact) mass is 597 g/mol. The van der Waals surface area contributed by atoms with Crippen molar-refractivity contribution in [1.29, 1.82) is 0 Å². The van der Waals surface area contributed by atoms with Gasteiger partial charge in [-0.3, -0.25) is 19.2 Å². The highest BCUT2D eigenvalue weighted by molar-refractivity contribution is 8.00. The second kappa shape index (κ2) is 13.8. The first-order valence-electron chi connectivity index (χ1n) is 12.8. The molecule has 3 aromatic carbocycles. The van der Waals surface area contributed by atoms with Crippen LogP contribution in [0.25, 0.3) is 0 Å². The smallest absolute Gasteiger partial charge is 0.322 e. The van der Waals surface area contributed by atoms with Crippen LogP contribution in [0.15, 0.2) is 72.8 Å². The second-order valence-corrected chi connectivity index (χ2v) is 10.4. The molecule has 3 amide bonds. The summed E-state index contributed by atoms with van der Waals surface area (Å²) in [5.74, 6) is -3.01. The van der Waals surface area contributed by atoms with Gasteiger partial charge in [0.25, 0.3) is 5.91 Å². The van der Waals surface area contributed by atoms with Crippen molar-refractivity contribution < 1.29 is 43.6 Å². The number of amides is 3. The average molecular weight is 598 g/mol. The molecule has 0 unspecified atom stereocenters. The highest BCUT2D eigenvalue weighted by Gasteiger charge is 2.50. The Morgan fingerprint density at radius 1 is 0.976 bits per heavy atom. The van der Waals surface area contributed by atoms with Gasteiger partial charge in [-0.15, -0.1) is 11.8 Å². The van der Waals surface area contributed by atoms with E-state index in [0.29, 0.717) is 16.8 Å². The van der Waals surface area contributed by atoms with E-state index >= 15 is 0 Å². The van der Waals surface area contributed by atoms with Crippen LogP contribution < -0.4 is 20.3 Å². The Morgan fingerprint density at radius 3 is 2.33 bits per heavy atom. The van der Waals surface area contributed by atoms with E-state index in [1.807, 2.05) is 6.07 Å². The van der Waals surface area contributed by atoms with Gasteiger partial charge in [-0.05, 0) is 42.0 Å². The number of β-lactam (4-membered cyclic amide) rings is 1. The summed E-state index contributed by atoms with van der Waals surface area (Å²) in [6.07, 6.45) is -0.936. The number of phenols is 1. The molecule has 0 aromatic heterocycles. The van der Waals surface area contributed by atoms with Crippen LogP contribution in [0.2, 0.25) is 0 Å². The van der Waals surface area contributed by atoms with Crippen molar-refractivity contribution in [1.82, 2.24) is 10.6 Å². The Hall–Kier alpha value is -4.62. The molecule has 1 heterocycles. The number of carbonyl (C=O) groups excluding carboxylic acids is 3. The van der Waals surface area contributed by atoms with Crippen molar-refractivity contribution in [3.63, 3.8) is 0 Å². The molecule has 0 spiro atoms. The maximum absolute atomic E-state index is 13.3. The first kappa shape index (κ1) is 30.3. The van der Waals surface area contributed by atoms with Gasteiger partial charge in [0, 0.05) is 23.1 Å². The first-order chi connectivity index (χ1) is 20.1. The summed E-state index contributed by atoms with van der Waals surface area (Å²) >= 11 is 1.22. The number of halogens is 1. The number of aliphatic carboxylic acids is 1. The second-order valence-electron chi connectivity index (χ2n) is 9.27. The van der Waals surface area contributed by atoms with Gasteiger partial charge in [0.15, 0.2) is 6.61 Å². The van der Waals surface area contributed by atoms with Gasteiger partial charge in [0.1, 0.15) is 29.1 Å². The third-order valence-corrected chi connectivity index (χ3v) is 7.67. The fraction of sp³-hybridized carbons (Fsp3) is 0.241. The lowest BCUT2D eigenvalue weighted by Gasteiger charge is -2.47. The van der Waals surface area contributed by atoms with Gasteiger partial charge in [-0.25, -0.2) is 4.39 Å². The zero-order valence-electron chi connectivity index (χ0n) is 22.1. The number of carboxylic acid groups (broad SMARTS) is 1. The van der Waals surface area contributed by atoms with E-state index in [2.05, 4.69) is 10.6 Å². The van der Waals surface area contributed by atoms with E-state index in [1.165, 1.54) is 48.2 Å². The van der Waals surface area contributed by atoms with Crippen LogP contribution in [0.5, 0.6) is 11.5 Å². The van der Waals surface area contributed by atoms with E-state index in [4.69, 9.17) is 9.84 Å². The predicted octanol–water partition coefficient (Wildman–Crippen LogP) is 2.15. The number of nitrogens with one attached hydrogen (secondary N) is 2. The lowest BCUT2D eigenvalue weighted by Crippen LogP contribution is -2.57. The number of nitrogens with zero attached hydrogens (tertiary/aromatic N) is 1. The first-order valence-corrected chi connectivity index (χ1v) is 13.8. The molecule has 13 heteroatoms. The number of aliphatic hydroxyl groups excluding tert-OH is 1. The van der Waals surface area contributed by atoms with Crippen molar-refractivity contribution in [2.45, 2.75) is 17.4 Å². The van der Waals surface area contributed by atoms with Crippen LogP contribution in [-0.2, 0) is 19.2 Å². The number of para-hydroxylation sites is 1. The Balaban J connectivity index is 1.42. The number of hydrogen-bond acceptors (Lipinski definition) is 8. The summed E-state index contributed by atoms with van der Waals surface area (Å²) in [6, 6.07) is 18.2. The van der Waals surface area contributed by atoms with Crippen LogP contribution in [0.4, 0.5) is 10.1 Å². The predicted molar refractivity (Wildman–Crippen MR) is 152 cm³/mol. The third kappa shape index (κ3) is 7.56. The maximum atomic E-state index is 13.3. The lowest BCUT2D eigenvalue weighted by molar-refractivity contribution is -0.137. The Kier molecular flexibility index (Phi) is 9.99. The Morgan fingerprint density at radius 2 is 1.67 bits per heavy atom. The number of anilines is 1. The minimum atomic E-state index is -1.22. The van der Waals surface area contributed by atoms with Crippen molar-refractivity contribution in [3.8, 4) is 11.5 Å². The zero-order chi connectivity index (χ0) is 30.2. The normalized spacial score (nSPS) is 16.7. The minimum Gasteiger partial charge on any atom is -0.507 e. The van der Waals surface area contributed by atoms with Crippen LogP contribution >= 0.6 is 11.8 Å². The average Bonchev–Trinajstić information content (AvgIpc) is 2.97. The molecule has 11 nitrogen and oxygen atoms in total. The van der Waals surface area contributed by atoms with Crippen LogP contribution in [0, 0.1) is 5.82 Å². The summed E-state index contributed by atoms with van der Waals surface area (Å²) in [5, 5.41) is 33.9. The molecule has 4 rings (SSSR count). The number of thioether (sulfide) groups is 1. The van der Waals surface area contributed by atoms with Crippen molar-refractivity contribution >= 4 is 41.1 Å². The topological polar surface area (TPSA) is 166 Å². The molecule has 220 valence electrons. The number of aliphatic hydroxyl groups is 1. The molecule has 3 atom stereocenters. The van der Waals surface area contributed by atoms with Gasteiger partial charge >= 0.3 is 5.97 Å². The van der Waals surface area contributed by atoms with Crippen LogP contribution in [0.1, 0.15) is 23.3 Å². The molecule has 0 bridgehead atoms. The Labute approximate surface area is 244 Å². The molecule has 0 aliphatic carbocycles. The van der Waals surface area contributed by atoms with Gasteiger partial charge in [-0.1, -0.05) is 30.3 Å². The van der Waals surface area contributed by atoms with Gasteiger partial charge in [0.2, 0.25) is 11.8 Å². The fourth-order valence-corrected chi connectivity index (χ4v) is 5.55. The molecular weight excluding hydrogens is 569 g/mol. The molecule has 1 aliphatic heterocycles. The minimum absolute atomic E-state index is 0.159. The molecule has 0 radical (unpaired) electrons. The molecule has 1 fully saturated rings. The lowest BCUT2D eigenvalue weighted by atomic mass is 9.91. The summed E-state index contributed by atoms with van der Waals surface area (Å²) in [5.41, 5.74) is 1.58. The molecule has 42 heavy (non-hydrogen) atoms. The highest BCUT2D eigenvalue weighted by atomic mass is 32.2. The van der Waals surface area contributed by atoms with E-state index in [1.54, 1.807) is 35.2 Å². The van der Waals surface area contributed by atoms with Crippen LogP contribution in [0.3, 0.4) is 0 Å². The van der Waals surface area contributed by atoms with Gasteiger partial charge in [0.05, 0.1) is 18.7 Å². The van der Waals surface area contributed by atoms with Crippen molar-refractivity contribution in [2.24, 2.45) is 0 Å². The summed E-state index contributed by atoms with van der Waals surface area (Å²) < 4.78 is 18.7. The summed E-state index contributed by atoms with van der Waals surface area (Å²) in [6.45, 7) is -1.47. The summed E-state index contributed by atoms with van der Waals surface area (Å²) in [7, 11) is 0. The number of ether oxygens (including phenoxy) is 1. The fourth-order valence-electron chi connectivity index (χ4n) is 4.26. The number of rotatable bonds is 13. The number of hydrogen-bond donors (Lipinski definition) is 5. The van der Waals surface area contributed by atoms with E-state index in [-0.39, 0.29) is 23.2 Å². The molecule has 0 saturated carbocycles.